The molecule has 3 N–H and O–H groups in total. The first-order chi connectivity index (χ1) is 9.13. The second-order valence-corrected chi connectivity index (χ2v) is 7.24. The number of nitrogens with zero attached hydrogens (tertiary/aromatic N) is 1. The third-order valence-electron chi connectivity index (χ3n) is 4.24. The van der Waals surface area contributed by atoms with E-state index in [1.54, 1.807) is 0 Å². The van der Waals surface area contributed by atoms with Crippen LogP contribution in [0.5, 0.6) is 0 Å². The Balaban J connectivity index is 1.85. The number of hydrogen-bond donors (Lipinski definition) is 3. The molecule has 1 saturated carbocycles. The topological polar surface area (TPSA) is 81.7 Å². The average molecular weight is 291 g/mol. The Hall–Kier alpha value is -0.210. The van der Waals surface area contributed by atoms with E-state index < -0.39 is 10.2 Å². The van der Waals surface area contributed by atoms with Crippen LogP contribution in [0.3, 0.4) is 0 Å². The molecular weight excluding hydrogens is 266 g/mol. The second kappa shape index (κ2) is 6.99. The first-order valence-corrected chi connectivity index (χ1v) is 8.64. The normalized spacial score (nSPS) is 30.4. The lowest BCUT2D eigenvalue weighted by Gasteiger charge is -2.32. The van der Waals surface area contributed by atoms with Crippen LogP contribution in [0.1, 0.15) is 25.7 Å². The van der Waals surface area contributed by atoms with E-state index in [4.69, 9.17) is 0 Å². The summed E-state index contributed by atoms with van der Waals surface area (Å²) in [6.07, 6.45) is 4.30. The fourth-order valence-corrected chi connectivity index (χ4v) is 4.25. The average Bonchev–Trinajstić information content (AvgIpc) is 2.46. The van der Waals surface area contributed by atoms with E-state index in [1.165, 1.54) is 4.31 Å². The van der Waals surface area contributed by atoms with Crippen LogP contribution in [-0.4, -0.2) is 57.2 Å². The van der Waals surface area contributed by atoms with Crippen molar-refractivity contribution in [3.05, 3.63) is 0 Å². The van der Waals surface area contributed by atoms with E-state index in [0.717, 1.165) is 25.7 Å². The molecule has 2 rings (SSSR count). The van der Waals surface area contributed by atoms with Gasteiger partial charge in [0.05, 0.1) is 0 Å². The molecule has 2 aliphatic rings. The molecule has 2 unspecified atom stereocenters. The highest BCUT2D eigenvalue weighted by Crippen LogP contribution is 2.29. The highest BCUT2D eigenvalue weighted by molar-refractivity contribution is 7.87. The molecule has 2 fully saturated rings. The highest BCUT2D eigenvalue weighted by atomic mass is 32.2. The molecule has 0 radical (unpaired) electrons. The van der Waals surface area contributed by atoms with Gasteiger partial charge in [-0.3, -0.25) is 0 Å². The Labute approximate surface area is 115 Å². The molecule has 0 spiro atoms. The molecule has 19 heavy (non-hydrogen) atoms. The van der Waals surface area contributed by atoms with Gasteiger partial charge in [0.15, 0.2) is 0 Å². The van der Waals surface area contributed by atoms with Gasteiger partial charge in [-0.25, -0.2) is 4.72 Å². The van der Waals surface area contributed by atoms with Crippen molar-refractivity contribution >= 4 is 10.2 Å². The van der Waals surface area contributed by atoms with Crippen molar-refractivity contribution in [2.24, 2.45) is 11.8 Å². The molecule has 0 aromatic rings. The molecule has 2 atom stereocenters. The number of nitrogens with one attached hydrogen (secondary N) is 2. The maximum atomic E-state index is 12.1. The van der Waals surface area contributed by atoms with Crippen LogP contribution in [0.4, 0.5) is 0 Å². The van der Waals surface area contributed by atoms with Crippen molar-refractivity contribution in [1.82, 2.24) is 14.3 Å². The van der Waals surface area contributed by atoms with Gasteiger partial charge in [-0.05, 0) is 24.7 Å². The smallest absolute Gasteiger partial charge is 0.279 e. The minimum Gasteiger partial charge on any atom is -0.396 e. The number of hydrogen-bond acceptors (Lipinski definition) is 4. The number of rotatable bonds is 5. The Morgan fingerprint density at radius 3 is 2.42 bits per heavy atom. The van der Waals surface area contributed by atoms with Crippen LogP contribution in [0.25, 0.3) is 0 Å². The summed E-state index contributed by atoms with van der Waals surface area (Å²) >= 11 is 0. The summed E-state index contributed by atoms with van der Waals surface area (Å²) < 4.78 is 28.5. The van der Waals surface area contributed by atoms with E-state index in [9.17, 15) is 13.5 Å². The molecule has 1 heterocycles. The minimum absolute atomic E-state index is 0.167. The summed E-state index contributed by atoms with van der Waals surface area (Å²) in [5.74, 6) is 0.524. The summed E-state index contributed by atoms with van der Waals surface area (Å²) in [6.45, 7) is 3.11. The third kappa shape index (κ3) is 4.13. The molecular formula is C12H25N3O3S. The summed E-state index contributed by atoms with van der Waals surface area (Å²) in [5, 5.41) is 12.5. The highest BCUT2D eigenvalue weighted by Gasteiger charge is 2.28. The van der Waals surface area contributed by atoms with Gasteiger partial charge in [-0.1, -0.05) is 12.8 Å². The molecule has 112 valence electrons. The van der Waals surface area contributed by atoms with Crippen LogP contribution in [0.2, 0.25) is 0 Å². The predicted molar refractivity (Wildman–Crippen MR) is 73.9 cm³/mol. The van der Waals surface area contributed by atoms with E-state index in [1.807, 2.05) is 0 Å². The van der Waals surface area contributed by atoms with Gasteiger partial charge in [-0.15, -0.1) is 0 Å². The number of piperazine rings is 1. The molecule has 0 aromatic carbocycles. The number of aliphatic hydroxyl groups is 1. The number of aliphatic hydroxyl groups excluding tert-OH is 1. The van der Waals surface area contributed by atoms with Crippen molar-refractivity contribution < 1.29 is 13.5 Å². The molecule has 1 aliphatic heterocycles. The van der Waals surface area contributed by atoms with Gasteiger partial charge in [0, 0.05) is 39.3 Å². The summed E-state index contributed by atoms with van der Waals surface area (Å²) in [7, 11) is -3.35. The third-order valence-corrected chi connectivity index (χ3v) is 5.82. The lowest BCUT2D eigenvalue weighted by Crippen LogP contribution is -2.51. The van der Waals surface area contributed by atoms with Crippen molar-refractivity contribution in [2.75, 3.05) is 39.3 Å². The lowest BCUT2D eigenvalue weighted by molar-refractivity contribution is 0.136. The van der Waals surface area contributed by atoms with Crippen molar-refractivity contribution in [3.63, 3.8) is 0 Å². The maximum Gasteiger partial charge on any atom is 0.279 e. The van der Waals surface area contributed by atoms with Gasteiger partial charge >= 0.3 is 0 Å². The molecule has 6 nitrogen and oxygen atoms in total. The van der Waals surface area contributed by atoms with Crippen LogP contribution in [0.15, 0.2) is 0 Å². The molecule has 0 bridgehead atoms. The Morgan fingerprint density at radius 1 is 1.16 bits per heavy atom. The Kier molecular flexibility index (Phi) is 5.58. The van der Waals surface area contributed by atoms with E-state index >= 15 is 0 Å². The summed E-state index contributed by atoms with van der Waals surface area (Å²) in [5.41, 5.74) is 0. The van der Waals surface area contributed by atoms with Crippen molar-refractivity contribution in [2.45, 2.75) is 25.7 Å². The molecule has 0 amide bonds. The monoisotopic (exact) mass is 291 g/mol. The lowest BCUT2D eigenvalue weighted by atomic mass is 9.80. The maximum absolute atomic E-state index is 12.1. The minimum atomic E-state index is -3.35. The fraction of sp³-hybridized carbons (Fsp3) is 1.00. The van der Waals surface area contributed by atoms with Crippen LogP contribution < -0.4 is 10.0 Å². The Bertz CT molecular complexity index is 368. The van der Waals surface area contributed by atoms with Crippen LogP contribution in [0, 0.1) is 11.8 Å². The fourth-order valence-electron chi connectivity index (χ4n) is 2.98. The second-order valence-electron chi connectivity index (χ2n) is 5.49. The molecule has 7 heteroatoms. The largest absolute Gasteiger partial charge is 0.396 e. The van der Waals surface area contributed by atoms with E-state index in [0.29, 0.717) is 32.7 Å². The predicted octanol–water partition coefficient (Wildman–Crippen LogP) is -0.475. The zero-order chi connectivity index (χ0) is 13.7. The van der Waals surface area contributed by atoms with Gasteiger partial charge in [0.2, 0.25) is 0 Å². The summed E-state index contributed by atoms with van der Waals surface area (Å²) in [6, 6.07) is 0. The van der Waals surface area contributed by atoms with Gasteiger partial charge < -0.3 is 10.4 Å². The van der Waals surface area contributed by atoms with Crippen molar-refractivity contribution in [1.29, 1.82) is 0 Å². The van der Waals surface area contributed by atoms with Gasteiger partial charge in [-0.2, -0.15) is 12.7 Å². The van der Waals surface area contributed by atoms with Gasteiger partial charge in [0.25, 0.3) is 10.2 Å². The van der Waals surface area contributed by atoms with E-state index in [-0.39, 0.29) is 18.4 Å². The first kappa shape index (κ1) is 15.2. The van der Waals surface area contributed by atoms with Crippen LogP contribution in [-0.2, 0) is 10.2 Å². The molecule has 1 aliphatic carbocycles. The van der Waals surface area contributed by atoms with Crippen LogP contribution >= 0.6 is 0 Å². The zero-order valence-electron chi connectivity index (χ0n) is 11.3. The van der Waals surface area contributed by atoms with Gasteiger partial charge in [0.1, 0.15) is 0 Å². The summed E-state index contributed by atoms with van der Waals surface area (Å²) in [4.78, 5) is 0. The Morgan fingerprint density at radius 2 is 1.79 bits per heavy atom. The standard InChI is InChI=1S/C12H25N3O3S/c16-10-12-4-2-1-3-11(12)9-14-19(17,18)15-7-5-13-6-8-15/h11-14,16H,1-10H2. The quantitative estimate of drug-likeness (QED) is 0.639. The zero-order valence-corrected chi connectivity index (χ0v) is 12.2. The SMILES string of the molecule is O=S(=O)(NCC1CCCCC1CO)N1CCNCC1. The first-order valence-electron chi connectivity index (χ1n) is 7.20. The van der Waals surface area contributed by atoms with E-state index in [2.05, 4.69) is 10.0 Å². The van der Waals surface area contributed by atoms with Crippen molar-refractivity contribution in [3.8, 4) is 0 Å². The molecule has 1 saturated heterocycles. The molecule has 0 aromatic heterocycles.